The SMILES string of the molecule is O=C(OCc1ccccc1)N1CCOC(CNC2CCNC2)C1. The summed E-state index contributed by atoms with van der Waals surface area (Å²) in [4.78, 5) is 13.9. The number of nitrogens with one attached hydrogen (secondary N) is 2. The van der Waals surface area contributed by atoms with E-state index in [9.17, 15) is 4.79 Å². The Labute approximate surface area is 137 Å². The van der Waals surface area contributed by atoms with Crippen molar-refractivity contribution in [3.8, 4) is 0 Å². The molecule has 2 aliphatic rings. The molecule has 0 bridgehead atoms. The minimum absolute atomic E-state index is 0.0358. The zero-order valence-electron chi connectivity index (χ0n) is 13.4. The number of ether oxygens (including phenoxy) is 2. The summed E-state index contributed by atoms with van der Waals surface area (Å²) in [5.41, 5.74) is 1.00. The zero-order valence-corrected chi connectivity index (χ0v) is 13.4. The first-order chi connectivity index (χ1) is 11.3. The van der Waals surface area contributed by atoms with Crippen molar-refractivity contribution >= 4 is 6.09 Å². The third kappa shape index (κ3) is 4.92. The van der Waals surface area contributed by atoms with Crippen molar-refractivity contribution in [2.75, 3.05) is 39.3 Å². The van der Waals surface area contributed by atoms with Gasteiger partial charge in [-0.1, -0.05) is 30.3 Å². The van der Waals surface area contributed by atoms with Gasteiger partial charge in [0.05, 0.1) is 19.3 Å². The van der Waals surface area contributed by atoms with Gasteiger partial charge in [0, 0.05) is 25.7 Å². The van der Waals surface area contributed by atoms with Gasteiger partial charge in [0.2, 0.25) is 0 Å². The molecule has 2 N–H and O–H groups in total. The molecule has 0 radical (unpaired) electrons. The van der Waals surface area contributed by atoms with Gasteiger partial charge >= 0.3 is 6.09 Å². The van der Waals surface area contributed by atoms with E-state index >= 15 is 0 Å². The molecule has 2 saturated heterocycles. The van der Waals surface area contributed by atoms with Crippen molar-refractivity contribution in [3.63, 3.8) is 0 Å². The van der Waals surface area contributed by atoms with Crippen LogP contribution in [0.1, 0.15) is 12.0 Å². The lowest BCUT2D eigenvalue weighted by Crippen LogP contribution is -2.50. The fourth-order valence-corrected chi connectivity index (χ4v) is 2.95. The number of nitrogens with zero attached hydrogens (tertiary/aromatic N) is 1. The van der Waals surface area contributed by atoms with E-state index < -0.39 is 0 Å². The molecule has 0 spiro atoms. The first-order valence-electron chi connectivity index (χ1n) is 8.32. The predicted molar refractivity (Wildman–Crippen MR) is 87.2 cm³/mol. The van der Waals surface area contributed by atoms with Gasteiger partial charge in [-0.25, -0.2) is 4.79 Å². The van der Waals surface area contributed by atoms with Crippen molar-refractivity contribution in [1.29, 1.82) is 0 Å². The first kappa shape index (κ1) is 16.2. The van der Waals surface area contributed by atoms with E-state index in [2.05, 4.69) is 10.6 Å². The molecule has 1 aromatic carbocycles. The maximum Gasteiger partial charge on any atom is 0.410 e. The molecule has 1 aromatic rings. The Morgan fingerprint density at radius 1 is 1.39 bits per heavy atom. The van der Waals surface area contributed by atoms with Gasteiger partial charge in [0.25, 0.3) is 0 Å². The van der Waals surface area contributed by atoms with Crippen LogP contribution in [0.25, 0.3) is 0 Å². The molecule has 6 nitrogen and oxygen atoms in total. The Morgan fingerprint density at radius 2 is 2.26 bits per heavy atom. The van der Waals surface area contributed by atoms with Gasteiger partial charge < -0.3 is 25.0 Å². The smallest absolute Gasteiger partial charge is 0.410 e. The lowest BCUT2D eigenvalue weighted by Gasteiger charge is -2.33. The maximum absolute atomic E-state index is 12.2. The molecule has 2 fully saturated rings. The van der Waals surface area contributed by atoms with Crippen LogP contribution in [0.5, 0.6) is 0 Å². The Balaban J connectivity index is 1.41. The summed E-state index contributed by atoms with van der Waals surface area (Å²) in [7, 11) is 0. The highest BCUT2D eigenvalue weighted by Gasteiger charge is 2.26. The predicted octanol–water partition coefficient (Wildman–Crippen LogP) is 0.976. The highest BCUT2D eigenvalue weighted by Crippen LogP contribution is 2.09. The average molecular weight is 319 g/mol. The molecule has 0 aliphatic carbocycles. The largest absolute Gasteiger partial charge is 0.445 e. The van der Waals surface area contributed by atoms with Gasteiger partial charge in [0.1, 0.15) is 6.61 Å². The Bertz CT molecular complexity index is 491. The molecular weight excluding hydrogens is 294 g/mol. The molecule has 1 amide bonds. The molecule has 23 heavy (non-hydrogen) atoms. The normalized spacial score (nSPS) is 24.6. The van der Waals surface area contributed by atoms with Crippen LogP contribution >= 0.6 is 0 Å². The number of carbonyl (C=O) groups excluding carboxylic acids is 1. The fourth-order valence-electron chi connectivity index (χ4n) is 2.95. The molecular formula is C17H25N3O3. The third-order valence-electron chi connectivity index (χ3n) is 4.30. The number of carbonyl (C=O) groups is 1. The monoisotopic (exact) mass is 319 g/mol. The summed E-state index contributed by atoms with van der Waals surface area (Å²) >= 11 is 0. The summed E-state index contributed by atoms with van der Waals surface area (Å²) in [6.45, 7) is 4.91. The van der Waals surface area contributed by atoms with Crippen LogP contribution in [0.4, 0.5) is 4.79 Å². The van der Waals surface area contributed by atoms with Gasteiger partial charge in [-0.3, -0.25) is 0 Å². The number of hydrogen-bond donors (Lipinski definition) is 2. The third-order valence-corrected chi connectivity index (χ3v) is 4.30. The lowest BCUT2D eigenvalue weighted by molar-refractivity contribution is -0.0277. The fraction of sp³-hybridized carbons (Fsp3) is 0.588. The Morgan fingerprint density at radius 3 is 3.04 bits per heavy atom. The Kier molecular flexibility index (Phi) is 5.85. The van der Waals surface area contributed by atoms with Crippen molar-refractivity contribution in [2.45, 2.75) is 25.2 Å². The van der Waals surface area contributed by atoms with Crippen molar-refractivity contribution in [1.82, 2.24) is 15.5 Å². The molecule has 2 aliphatic heterocycles. The minimum Gasteiger partial charge on any atom is -0.445 e. The number of hydrogen-bond acceptors (Lipinski definition) is 5. The van der Waals surface area contributed by atoms with Crippen LogP contribution in [-0.2, 0) is 16.1 Å². The summed E-state index contributed by atoms with van der Waals surface area (Å²) in [6, 6.07) is 10.3. The molecule has 3 rings (SSSR count). The topological polar surface area (TPSA) is 62.8 Å². The van der Waals surface area contributed by atoms with Crippen LogP contribution in [0.3, 0.4) is 0 Å². The molecule has 0 aromatic heterocycles. The second kappa shape index (κ2) is 8.29. The van der Waals surface area contributed by atoms with Crippen LogP contribution in [0.15, 0.2) is 30.3 Å². The van der Waals surface area contributed by atoms with E-state index in [0.717, 1.165) is 31.6 Å². The quantitative estimate of drug-likeness (QED) is 0.847. The highest BCUT2D eigenvalue weighted by molar-refractivity contribution is 5.67. The summed E-state index contributed by atoms with van der Waals surface area (Å²) in [6.07, 6.45) is 0.925. The number of rotatable bonds is 5. The molecule has 2 atom stereocenters. The molecule has 0 saturated carbocycles. The van der Waals surface area contributed by atoms with Gasteiger partial charge in [-0.2, -0.15) is 0 Å². The number of benzene rings is 1. The van der Waals surface area contributed by atoms with E-state index in [4.69, 9.17) is 9.47 Å². The number of amides is 1. The van der Waals surface area contributed by atoms with E-state index in [1.165, 1.54) is 0 Å². The van der Waals surface area contributed by atoms with E-state index in [-0.39, 0.29) is 12.2 Å². The van der Waals surface area contributed by atoms with E-state index in [0.29, 0.717) is 32.3 Å². The lowest BCUT2D eigenvalue weighted by atomic mass is 10.2. The minimum atomic E-state index is -0.260. The maximum atomic E-state index is 12.2. The average Bonchev–Trinajstić information content (AvgIpc) is 3.12. The molecule has 2 heterocycles. The summed E-state index contributed by atoms with van der Waals surface area (Å²) < 4.78 is 11.1. The standard InChI is InChI=1S/C17H25N3O3/c21-17(23-13-14-4-2-1-3-5-14)20-8-9-22-16(12-20)11-19-15-6-7-18-10-15/h1-5,15-16,18-19H,6-13H2. The van der Waals surface area contributed by atoms with E-state index in [1.54, 1.807) is 4.90 Å². The number of morpholine rings is 1. The second-order valence-electron chi connectivity index (χ2n) is 6.08. The molecule has 2 unspecified atom stereocenters. The van der Waals surface area contributed by atoms with Crippen molar-refractivity contribution in [2.24, 2.45) is 0 Å². The summed E-state index contributed by atoms with van der Waals surface area (Å²) in [5, 5.41) is 6.83. The first-order valence-corrected chi connectivity index (χ1v) is 8.32. The Hall–Kier alpha value is -1.63. The van der Waals surface area contributed by atoms with Crippen LogP contribution < -0.4 is 10.6 Å². The van der Waals surface area contributed by atoms with Crippen molar-refractivity contribution in [3.05, 3.63) is 35.9 Å². The second-order valence-corrected chi connectivity index (χ2v) is 6.08. The van der Waals surface area contributed by atoms with Crippen LogP contribution in [-0.4, -0.2) is 62.5 Å². The van der Waals surface area contributed by atoms with Crippen LogP contribution in [0, 0.1) is 0 Å². The van der Waals surface area contributed by atoms with E-state index in [1.807, 2.05) is 30.3 Å². The zero-order chi connectivity index (χ0) is 15.9. The van der Waals surface area contributed by atoms with Gasteiger partial charge in [-0.15, -0.1) is 0 Å². The van der Waals surface area contributed by atoms with Gasteiger partial charge in [-0.05, 0) is 18.5 Å². The molecule has 6 heteroatoms. The van der Waals surface area contributed by atoms with Gasteiger partial charge in [0.15, 0.2) is 0 Å². The van der Waals surface area contributed by atoms with Crippen molar-refractivity contribution < 1.29 is 14.3 Å². The molecule has 126 valence electrons. The van der Waals surface area contributed by atoms with Crippen LogP contribution in [0.2, 0.25) is 0 Å². The highest BCUT2D eigenvalue weighted by atomic mass is 16.6. The summed E-state index contributed by atoms with van der Waals surface area (Å²) in [5.74, 6) is 0.